The lowest BCUT2D eigenvalue weighted by atomic mass is 10.0. The van der Waals surface area contributed by atoms with Gasteiger partial charge in [0.1, 0.15) is 0 Å². The largest absolute Gasteiger partial charge is 0.311 e. The minimum atomic E-state index is 0.191. The van der Waals surface area contributed by atoms with E-state index in [0.717, 1.165) is 53.9 Å². The van der Waals surface area contributed by atoms with Gasteiger partial charge in [-0.2, -0.15) is 0 Å². The van der Waals surface area contributed by atoms with Crippen LogP contribution in [0, 0.1) is 0 Å². The SMILES string of the molecule is CCCCC(=O)c1ccc(N(c2ccc(C(=O)CCCC)cc2)c2ccc(C(C)C)cc2)cc1. The van der Waals surface area contributed by atoms with Crippen LogP contribution in [0.15, 0.2) is 72.8 Å². The fourth-order valence-corrected chi connectivity index (χ4v) is 4.01. The minimum Gasteiger partial charge on any atom is -0.311 e. The fourth-order valence-electron chi connectivity index (χ4n) is 4.01. The predicted molar refractivity (Wildman–Crippen MR) is 143 cm³/mol. The van der Waals surface area contributed by atoms with Gasteiger partial charge in [0.25, 0.3) is 0 Å². The Morgan fingerprint density at radius 3 is 1.29 bits per heavy atom. The summed E-state index contributed by atoms with van der Waals surface area (Å²) in [4.78, 5) is 27.1. The Balaban J connectivity index is 1.95. The maximum Gasteiger partial charge on any atom is 0.162 e. The van der Waals surface area contributed by atoms with Crippen LogP contribution in [0.5, 0.6) is 0 Å². The number of Topliss-reactive ketones (excluding diaryl/α,β-unsaturated/α-hetero) is 2. The molecule has 0 saturated carbocycles. The Labute approximate surface area is 204 Å². The molecule has 0 amide bonds. The van der Waals surface area contributed by atoms with Crippen molar-refractivity contribution >= 4 is 28.6 Å². The molecule has 0 unspecified atom stereocenters. The molecule has 0 saturated heterocycles. The summed E-state index contributed by atoms with van der Waals surface area (Å²) in [6.07, 6.45) is 5.03. The smallest absolute Gasteiger partial charge is 0.162 e. The van der Waals surface area contributed by atoms with Crippen molar-refractivity contribution in [3.8, 4) is 0 Å². The van der Waals surface area contributed by atoms with Gasteiger partial charge in [-0.05, 0) is 85.0 Å². The van der Waals surface area contributed by atoms with Crippen LogP contribution >= 0.6 is 0 Å². The molecule has 0 aliphatic heterocycles. The Morgan fingerprint density at radius 2 is 0.971 bits per heavy atom. The van der Waals surface area contributed by atoms with E-state index in [4.69, 9.17) is 0 Å². The first-order valence-corrected chi connectivity index (χ1v) is 12.6. The number of hydrogen-bond acceptors (Lipinski definition) is 3. The molecule has 178 valence electrons. The van der Waals surface area contributed by atoms with E-state index >= 15 is 0 Å². The van der Waals surface area contributed by atoms with Crippen molar-refractivity contribution < 1.29 is 9.59 Å². The number of rotatable bonds is 12. The number of anilines is 3. The third-order valence-electron chi connectivity index (χ3n) is 6.23. The van der Waals surface area contributed by atoms with Crippen molar-refractivity contribution in [2.24, 2.45) is 0 Å². The Bertz CT molecular complexity index is 1000. The molecule has 0 heterocycles. The van der Waals surface area contributed by atoms with Crippen molar-refractivity contribution in [2.45, 2.75) is 72.1 Å². The molecule has 0 N–H and O–H groups in total. The molecule has 0 bridgehead atoms. The summed E-state index contributed by atoms with van der Waals surface area (Å²) in [6.45, 7) is 8.58. The first-order valence-electron chi connectivity index (χ1n) is 12.6. The van der Waals surface area contributed by atoms with Crippen molar-refractivity contribution in [3.05, 3.63) is 89.5 Å². The molecular formula is C31H37NO2. The summed E-state index contributed by atoms with van der Waals surface area (Å²) < 4.78 is 0. The second kappa shape index (κ2) is 12.3. The normalized spacial score (nSPS) is 11.0. The average Bonchev–Trinajstić information content (AvgIpc) is 2.87. The van der Waals surface area contributed by atoms with Gasteiger partial charge in [-0.15, -0.1) is 0 Å². The molecule has 3 heteroatoms. The van der Waals surface area contributed by atoms with E-state index in [2.05, 4.69) is 56.9 Å². The van der Waals surface area contributed by atoms with Crippen LogP contribution in [0.4, 0.5) is 17.1 Å². The molecule has 0 radical (unpaired) electrons. The fraction of sp³-hybridized carbons (Fsp3) is 0.355. The molecule has 0 aliphatic carbocycles. The number of benzene rings is 3. The standard InChI is InChI=1S/C31H37NO2/c1-5-7-9-30(33)25-13-19-28(20-14-25)32(27-17-11-24(12-18-27)23(3)4)29-21-15-26(16-22-29)31(34)10-8-6-2/h11-23H,5-10H2,1-4H3. The molecule has 0 aromatic heterocycles. The molecule has 0 atom stereocenters. The van der Waals surface area contributed by atoms with E-state index < -0.39 is 0 Å². The zero-order valence-corrected chi connectivity index (χ0v) is 21.0. The zero-order valence-electron chi connectivity index (χ0n) is 21.0. The number of nitrogens with zero attached hydrogens (tertiary/aromatic N) is 1. The third kappa shape index (κ3) is 6.44. The van der Waals surface area contributed by atoms with Crippen LogP contribution in [0.1, 0.15) is 98.4 Å². The maximum absolute atomic E-state index is 12.5. The first kappa shape index (κ1) is 25.4. The van der Waals surface area contributed by atoms with Gasteiger partial charge in [-0.25, -0.2) is 0 Å². The summed E-state index contributed by atoms with van der Waals surface area (Å²) in [6, 6.07) is 24.3. The molecule has 0 fully saturated rings. The van der Waals surface area contributed by atoms with E-state index in [0.29, 0.717) is 18.8 Å². The van der Waals surface area contributed by atoms with E-state index in [1.165, 1.54) is 5.56 Å². The van der Waals surface area contributed by atoms with E-state index in [1.807, 2.05) is 48.5 Å². The zero-order chi connectivity index (χ0) is 24.5. The highest BCUT2D eigenvalue weighted by atomic mass is 16.1. The van der Waals surface area contributed by atoms with Crippen LogP contribution in [-0.4, -0.2) is 11.6 Å². The van der Waals surface area contributed by atoms with Gasteiger partial charge in [-0.3, -0.25) is 9.59 Å². The number of ketones is 2. The monoisotopic (exact) mass is 455 g/mol. The quantitative estimate of drug-likeness (QED) is 0.256. The first-order chi connectivity index (χ1) is 16.4. The summed E-state index contributed by atoms with van der Waals surface area (Å²) in [5, 5.41) is 0. The van der Waals surface area contributed by atoms with Crippen LogP contribution in [0.2, 0.25) is 0 Å². The Morgan fingerprint density at radius 1 is 0.618 bits per heavy atom. The van der Waals surface area contributed by atoms with Crippen molar-refractivity contribution in [1.82, 2.24) is 0 Å². The minimum absolute atomic E-state index is 0.191. The second-order valence-corrected chi connectivity index (χ2v) is 9.23. The highest BCUT2D eigenvalue weighted by Crippen LogP contribution is 2.35. The highest BCUT2D eigenvalue weighted by molar-refractivity contribution is 5.97. The maximum atomic E-state index is 12.5. The van der Waals surface area contributed by atoms with Gasteiger partial charge in [0.2, 0.25) is 0 Å². The molecule has 3 rings (SSSR count). The summed E-state index contributed by atoms with van der Waals surface area (Å²) in [5.41, 5.74) is 5.80. The van der Waals surface area contributed by atoms with Gasteiger partial charge in [0.15, 0.2) is 11.6 Å². The summed E-state index contributed by atoms with van der Waals surface area (Å²) >= 11 is 0. The average molecular weight is 456 g/mol. The number of hydrogen-bond donors (Lipinski definition) is 0. The second-order valence-electron chi connectivity index (χ2n) is 9.23. The van der Waals surface area contributed by atoms with E-state index in [1.54, 1.807) is 0 Å². The third-order valence-corrected chi connectivity index (χ3v) is 6.23. The van der Waals surface area contributed by atoms with Crippen LogP contribution in [0.25, 0.3) is 0 Å². The van der Waals surface area contributed by atoms with Gasteiger partial charge in [0, 0.05) is 41.0 Å². The van der Waals surface area contributed by atoms with Gasteiger partial charge >= 0.3 is 0 Å². The topological polar surface area (TPSA) is 37.4 Å². The summed E-state index contributed by atoms with van der Waals surface area (Å²) in [7, 11) is 0. The van der Waals surface area contributed by atoms with Crippen LogP contribution < -0.4 is 4.90 Å². The van der Waals surface area contributed by atoms with E-state index in [9.17, 15) is 9.59 Å². The lowest BCUT2D eigenvalue weighted by Crippen LogP contribution is -2.11. The van der Waals surface area contributed by atoms with Crippen LogP contribution in [0.3, 0.4) is 0 Å². The number of carbonyl (C=O) groups is 2. The molecule has 0 aliphatic rings. The number of unbranched alkanes of at least 4 members (excludes halogenated alkanes) is 2. The molecule has 3 nitrogen and oxygen atoms in total. The van der Waals surface area contributed by atoms with Crippen molar-refractivity contribution in [1.29, 1.82) is 0 Å². The predicted octanol–water partition coefficient (Wildman–Crippen LogP) is 9.03. The highest BCUT2D eigenvalue weighted by Gasteiger charge is 2.15. The number of carbonyl (C=O) groups excluding carboxylic acids is 2. The van der Waals surface area contributed by atoms with Gasteiger partial charge in [0.05, 0.1) is 0 Å². The lowest BCUT2D eigenvalue weighted by Gasteiger charge is -2.26. The van der Waals surface area contributed by atoms with Gasteiger partial charge < -0.3 is 4.90 Å². The molecule has 0 spiro atoms. The molecule has 34 heavy (non-hydrogen) atoms. The van der Waals surface area contributed by atoms with E-state index in [-0.39, 0.29) is 11.6 Å². The Hall–Kier alpha value is -3.20. The molecular weight excluding hydrogens is 418 g/mol. The van der Waals surface area contributed by atoms with Crippen molar-refractivity contribution in [3.63, 3.8) is 0 Å². The summed E-state index contributed by atoms with van der Waals surface area (Å²) in [5.74, 6) is 0.844. The van der Waals surface area contributed by atoms with Crippen LogP contribution in [-0.2, 0) is 0 Å². The Kier molecular flexibility index (Phi) is 9.21. The van der Waals surface area contributed by atoms with Crippen molar-refractivity contribution in [2.75, 3.05) is 4.90 Å². The van der Waals surface area contributed by atoms with Gasteiger partial charge in [-0.1, -0.05) is 52.7 Å². The molecule has 3 aromatic rings. The molecule has 3 aromatic carbocycles. The lowest BCUT2D eigenvalue weighted by molar-refractivity contribution is 0.0972.